The number of carbonyl (C=O) groups excluding carboxylic acids is 2. The molecule has 4 rings (SSSR count). The van der Waals surface area contributed by atoms with Gasteiger partial charge < -0.3 is 20.4 Å². The number of rotatable bonds is 7. The van der Waals surface area contributed by atoms with Crippen molar-refractivity contribution >= 4 is 23.5 Å². The van der Waals surface area contributed by atoms with Gasteiger partial charge in [0.15, 0.2) is 5.56 Å². The molecule has 3 N–H and O–H groups in total. The predicted molar refractivity (Wildman–Crippen MR) is 131 cm³/mol. The van der Waals surface area contributed by atoms with Crippen LogP contribution in [-0.4, -0.2) is 65.8 Å². The molecule has 2 aromatic heterocycles. The summed E-state index contributed by atoms with van der Waals surface area (Å²) in [4.78, 5) is 40.7. The van der Waals surface area contributed by atoms with Crippen LogP contribution in [0, 0.1) is 18.8 Å². The van der Waals surface area contributed by atoms with Crippen molar-refractivity contribution in [2.24, 2.45) is 11.8 Å². The van der Waals surface area contributed by atoms with Crippen LogP contribution in [-0.2, 0) is 11.3 Å². The number of carbonyl (C=O) groups is 2. The maximum absolute atomic E-state index is 13.4. The van der Waals surface area contributed by atoms with Gasteiger partial charge in [-0.15, -0.1) is 0 Å². The minimum atomic E-state index is -0.855. The van der Waals surface area contributed by atoms with Gasteiger partial charge in [-0.05, 0) is 52.0 Å². The van der Waals surface area contributed by atoms with Gasteiger partial charge in [0, 0.05) is 43.2 Å². The first-order valence-corrected chi connectivity index (χ1v) is 12.2. The first-order chi connectivity index (χ1) is 16.4. The second kappa shape index (κ2) is 9.14. The minimum absolute atomic E-state index is 0.00642. The number of aliphatic hydroxyl groups is 1. The van der Waals surface area contributed by atoms with Crippen LogP contribution in [0.25, 0.3) is 11.7 Å². The van der Waals surface area contributed by atoms with Crippen LogP contribution in [0.15, 0.2) is 10.9 Å². The molecule has 35 heavy (non-hydrogen) atoms. The zero-order chi connectivity index (χ0) is 25.7. The Labute approximate surface area is 204 Å². The van der Waals surface area contributed by atoms with E-state index in [0.29, 0.717) is 36.5 Å². The number of likely N-dealkylation sites (tertiary alicyclic amines) is 1. The van der Waals surface area contributed by atoms with Gasteiger partial charge >= 0.3 is 0 Å². The Morgan fingerprint density at radius 1 is 1.26 bits per heavy atom. The Kier molecular flexibility index (Phi) is 6.52. The van der Waals surface area contributed by atoms with E-state index in [4.69, 9.17) is 0 Å². The molecule has 2 amide bonds. The molecule has 1 aliphatic heterocycles. The number of hydrogen-bond donors (Lipinski definition) is 3. The average molecular weight is 486 g/mol. The van der Waals surface area contributed by atoms with Gasteiger partial charge in [-0.2, -0.15) is 9.61 Å². The van der Waals surface area contributed by atoms with Gasteiger partial charge in [0.1, 0.15) is 5.65 Å². The molecule has 1 aliphatic carbocycles. The molecule has 0 aromatic carbocycles. The van der Waals surface area contributed by atoms with Crippen LogP contribution in [0.5, 0.6) is 5.88 Å². The second-order valence-electron chi connectivity index (χ2n) is 10.7. The Hall–Kier alpha value is -3.14. The van der Waals surface area contributed by atoms with Gasteiger partial charge in [-0.3, -0.25) is 19.0 Å². The number of aryl methyl sites for hydroxylation is 1. The summed E-state index contributed by atoms with van der Waals surface area (Å²) in [5.74, 6) is -1.22. The zero-order valence-electron chi connectivity index (χ0n) is 21.0. The molecular formula is C25H35N5O5. The van der Waals surface area contributed by atoms with Gasteiger partial charge in [0.25, 0.3) is 11.5 Å². The molecule has 1 saturated carbocycles. The van der Waals surface area contributed by atoms with Crippen molar-refractivity contribution in [1.82, 2.24) is 24.4 Å². The summed E-state index contributed by atoms with van der Waals surface area (Å²) in [5, 5.41) is 28.3. The van der Waals surface area contributed by atoms with Crippen molar-refractivity contribution in [3.8, 4) is 5.88 Å². The van der Waals surface area contributed by atoms with Crippen molar-refractivity contribution in [2.45, 2.75) is 72.1 Å². The largest absolute Gasteiger partial charge is 0.492 e. The van der Waals surface area contributed by atoms with E-state index in [9.17, 15) is 24.6 Å². The SMILES string of the molecule is Cc1nn2c(O)c(C(=O)NC3CC3)c(=O)n(CC(C)C)c2c1/C=C/C(=O)N1CC[C@H](C(C)(C)O)C1. The van der Waals surface area contributed by atoms with E-state index in [0.717, 1.165) is 19.3 Å². The average Bonchev–Trinajstić information content (AvgIpc) is 3.29. The van der Waals surface area contributed by atoms with E-state index in [1.165, 1.54) is 15.2 Å². The minimum Gasteiger partial charge on any atom is -0.492 e. The molecular weight excluding hydrogens is 450 g/mol. The fourth-order valence-corrected chi connectivity index (χ4v) is 4.58. The number of fused-ring (bicyclic) bond motifs is 1. The summed E-state index contributed by atoms with van der Waals surface area (Å²) < 4.78 is 2.67. The molecule has 3 heterocycles. The summed E-state index contributed by atoms with van der Waals surface area (Å²) in [5.41, 5.74) is -0.396. The summed E-state index contributed by atoms with van der Waals surface area (Å²) in [6.07, 6.45) is 5.48. The van der Waals surface area contributed by atoms with E-state index in [-0.39, 0.29) is 29.3 Å². The molecule has 0 bridgehead atoms. The quantitative estimate of drug-likeness (QED) is 0.512. The topological polar surface area (TPSA) is 129 Å². The molecule has 10 nitrogen and oxygen atoms in total. The fraction of sp³-hybridized carbons (Fsp3) is 0.600. The van der Waals surface area contributed by atoms with Gasteiger partial charge in [0.05, 0.1) is 11.3 Å². The monoisotopic (exact) mass is 485 g/mol. The third kappa shape index (κ3) is 4.98. The second-order valence-corrected chi connectivity index (χ2v) is 10.7. The third-order valence-electron chi connectivity index (χ3n) is 6.80. The number of aromatic nitrogens is 3. The Balaban J connectivity index is 1.73. The Morgan fingerprint density at radius 3 is 2.51 bits per heavy atom. The molecule has 2 fully saturated rings. The van der Waals surface area contributed by atoms with E-state index < -0.39 is 22.9 Å². The number of hydrogen-bond acceptors (Lipinski definition) is 6. The highest BCUT2D eigenvalue weighted by Crippen LogP contribution is 2.28. The Morgan fingerprint density at radius 2 is 1.94 bits per heavy atom. The lowest BCUT2D eigenvalue weighted by atomic mass is 9.90. The highest BCUT2D eigenvalue weighted by molar-refractivity contribution is 5.97. The number of amides is 2. The first kappa shape index (κ1) is 25.0. The lowest BCUT2D eigenvalue weighted by Gasteiger charge is -2.25. The molecule has 190 valence electrons. The first-order valence-electron chi connectivity index (χ1n) is 12.2. The van der Waals surface area contributed by atoms with E-state index >= 15 is 0 Å². The summed E-state index contributed by atoms with van der Waals surface area (Å²) in [6, 6.07) is 0.0287. The van der Waals surface area contributed by atoms with E-state index in [2.05, 4.69) is 10.4 Å². The van der Waals surface area contributed by atoms with Crippen LogP contribution in [0.4, 0.5) is 0 Å². The number of nitrogens with one attached hydrogen (secondary N) is 1. The number of nitrogens with zero attached hydrogens (tertiary/aromatic N) is 4. The van der Waals surface area contributed by atoms with Crippen molar-refractivity contribution in [3.05, 3.63) is 33.3 Å². The molecule has 1 saturated heterocycles. The normalized spacial score (nSPS) is 18.8. The van der Waals surface area contributed by atoms with Crippen LogP contribution < -0.4 is 10.9 Å². The molecule has 2 aliphatic rings. The molecule has 2 aromatic rings. The molecule has 0 unspecified atom stereocenters. The standard InChI is InChI=1S/C25H35N5O5/c1-14(2)12-29-22-18(8-9-19(31)28-11-10-16(13-28)25(4,5)35)15(3)27-30(22)24(34)20(23(29)33)21(32)26-17-6-7-17/h8-9,14,16-17,34-35H,6-7,10-13H2,1-5H3,(H,26,32)/b9-8+/t16-/m0/s1. The summed E-state index contributed by atoms with van der Waals surface area (Å²) in [6.45, 7) is 10.5. The maximum Gasteiger partial charge on any atom is 0.270 e. The molecule has 0 spiro atoms. The van der Waals surface area contributed by atoms with Crippen LogP contribution in [0.3, 0.4) is 0 Å². The van der Waals surface area contributed by atoms with E-state index in [1.54, 1.807) is 31.7 Å². The summed E-state index contributed by atoms with van der Waals surface area (Å²) >= 11 is 0. The van der Waals surface area contributed by atoms with Crippen LogP contribution in [0.2, 0.25) is 0 Å². The maximum atomic E-state index is 13.4. The zero-order valence-corrected chi connectivity index (χ0v) is 21.0. The molecule has 0 radical (unpaired) electrons. The van der Waals surface area contributed by atoms with E-state index in [1.807, 2.05) is 13.8 Å². The summed E-state index contributed by atoms with van der Waals surface area (Å²) in [7, 11) is 0. The number of aromatic hydroxyl groups is 1. The third-order valence-corrected chi connectivity index (χ3v) is 6.80. The van der Waals surface area contributed by atoms with Crippen molar-refractivity contribution < 1.29 is 19.8 Å². The van der Waals surface area contributed by atoms with Gasteiger partial charge in [-0.1, -0.05) is 13.8 Å². The molecule has 10 heteroatoms. The lowest BCUT2D eigenvalue weighted by Crippen LogP contribution is -2.36. The fourth-order valence-electron chi connectivity index (χ4n) is 4.58. The van der Waals surface area contributed by atoms with Crippen molar-refractivity contribution in [3.63, 3.8) is 0 Å². The highest BCUT2D eigenvalue weighted by atomic mass is 16.3. The predicted octanol–water partition coefficient (Wildman–Crippen LogP) is 1.69. The Bertz CT molecular complexity index is 1250. The van der Waals surface area contributed by atoms with Crippen LogP contribution >= 0.6 is 0 Å². The highest BCUT2D eigenvalue weighted by Gasteiger charge is 2.35. The van der Waals surface area contributed by atoms with Crippen molar-refractivity contribution in [1.29, 1.82) is 0 Å². The lowest BCUT2D eigenvalue weighted by molar-refractivity contribution is -0.125. The van der Waals surface area contributed by atoms with Crippen LogP contribution in [0.1, 0.15) is 68.6 Å². The van der Waals surface area contributed by atoms with Gasteiger partial charge in [-0.25, -0.2) is 0 Å². The van der Waals surface area contributed by atoms with Gasteiger partial charge in [0.2, 0.25) is 11.8 Å². The van der Waals surface area contributed by atoms with Crippen molar-refractivity contribution in [2.75, 3.05) is 13.1 Å². The molecule has 1 atom stereocenters. The smallest absolute Gasteiger partial charge is 0.270 e.